The molecule has 40 heavy (non-hydrogen) atoms. The molecule has 0 fully saturated rings. The molecule has 3 aromatic rings. The van der Waals surface area contributed by atoms with E-state index in [-0.39, 0.29) is 17.3 Å². The second-order valence-electron chi connectivity index (χ2n) is 9.09. The van der Waals surface area contributed by atoms with Gasteiger partial charge in [0.15, 0.2) is 0 Å². The standard InChI is InChI=1S/C30H37N3O6S/c1-5-19-31-30(35)23(3)32(21-24-11-10-12-27(20-24)38-4)29(34)22-33(25-15-17-26(18-16-25)39-6-2)40(36,37)28-13-8-7-9-14-28/h7-18,20,23H,5-6,19,21-22H2,1-4H3,(H,31,35). The molecule has 1 N–H and O–H groups in total. The van der Waals surface area contributed by atoms with Crippen molar-refractivity contribution >= 4 is 27.5 Å². The first kappa shape index (κ1) is 30.5. The van der Waals surface area contributed by atoms with E-state index >= 15 is 0 Å². The van der Waals surface area contributed by atoms with E-state index in [4.69, 9.17) is 9.47 Å². The van der Waals surface area contributed by atoms with Crippen molar-refractivity contribution in [2.75, 3.05) is 31.1 Å². The maximum absolute atomic E-state index is 13.9. The number of rotatable bonds is 14. The smallest absolute Gasteiger partial charge is 0.264 e. The summed E-state index contributed by atoms with van der Waals surface area (Å²) in [5, 5.41) is 2.83. The van der Waals surface area contributed by atoms with Crippen molar-refractivity contribution in [2.45, 2.75) is 44.7 Å². The molecule has 1 atom stereocenters. The van der Waals surface area contributed by atoms with Gasteiger partial charge in [-0.25, -0.2) is 8.42 Å². The third-order valence-corrected chi connectivity index (χ3v) is 8.04. The molecule has 1 unspecified atom stereocenters. The molecule has 0 aliphatic carbocycles. The highest BCUT2D eigenvalue weighted by Gasteiger charge is 2.32. The van der Waals surface area contributed by atoms with Gasteiger partial charge < -0.3 is 19.7 Å². The highest BCUT2D eigenvalue weighted by molar-refractivity contribution is 7.92. The maximum Gasteiger partial charge on any atom is 0.264 e. The molecular formula is C30H37N3O6S. The van der Waals surface area contributed by atoms with Gasteiger partial charge in [-0.15, -0.1) is 0 Å². The van der Waals surface area contributed by atoms with Crippen molar-refractivity contribution in [1.82, 2.24) is 10.2 Å². The Bertz CT molecular complexity index is 1360. The summed E-state index contributed by atoms with van der Waals surface area (Å²) in [5.41, 5.74) is 1.03. The summed E-state index contributed by atoms with van der Waals surface area (Å²) in [5.74, 6) is 0.332. The quantitative estimate of drug-likeness (QED) is 0.313. The number of amides is 2. The monoisotopic (exact) mass is 567 g/mol. The van der Waals surface area contributed by atoms with Crippen LogP contribution < -0.4 is 19.1 Å². The van der Waals surface area contributed by atoms with Crippen LogP contribution in [0.5, 0.6) is 11.5 Å². The molecule has 0 saturated heterocycles. The van der Waals surface area contributed by atoms with Crippen molar-refractivity contribution in [3.63, 3.8) is 0 Å². The van der Waals surface area contributed by atoms with Gasteiger partial charge in [0.05, 0.1) is 24.3 Å². The average Bonchev–Trinajstić information content (AvgIpc) is 2.98. The van der Waals surface area contributed by atoms with Gasteiger partial charge in [0, 0.05) is 13.1 Å². The minimum atomic E-state index is -4.13. The molecule has 3 rings (SSSR count). The van der Waals surface area contributed by atoms with Gasteiger partial charge in [-0.1, -0.05) is 37.3 Å². The minimum Gasteiger partial charge on any atom is -0.497 e. The Kier molecular flexibility index (Phi) is 11.0. The fourth-order valence-corrected chi connectivity index (χ4v) is 5.50. The Morgan fingerprint density at radius 2 is 1.62 bits per heavy atom. The topological polar surface area (TPSA) is 105 Å². The first-order valence-corrected chi connectivity index (χ1v) is 14.7. The Morgan fingerprint density at radius 3 is 2.25 bits per heavy atom. The van der Waals surface area contributed by atoms with Gasteiger partial charge in [-0.05, 0) is 74.4 Å². The van der Waals surface area contributed by atoms with Crippen LogP contribution in [0.2, 0.25) is 0 Å². The van der Waals surface area contributed by atoms with Gasteiger partial charge in [-0.3, -0.25) is 13.9 Å². The zero-order valence-corrected chi connectivity index (χ0v) is 24.2. The van der Waals surface area contributed by atoms with Gasteiger partial charge in [0.25, 0.3) is 10.0 Å². The molecule has 0 radical (unpaired) electrons. The van der Waals surface area contributed by atoms with Crippen LogP contribution in [0.3, 0.4) is 0 Å². The van der Waals surface area contributed by atoms with Crippen molar-refractivity contribution in [3.8, 4) is 11.5 Å². The summed E-state index contributed by atoms with van der Waals surface area (Å²) >= 11 is 0. The Morgan fingerprint density at radius 1 is 0.925 bits per heavy atom. The predicted molar refractivity (Wildman–Crippen MR) is 155 cm³/mol. The second kappa shape index (κ2) is 14.4. The fraction of sp³-hybridized carbons (Fsp3) is 0.333. The van der Waals surface area contributed by atoms with Crippen molar-refractivity contribution in [1.29, 1.82) is 0 Å². The fourth-order valence-electron chi connectivity index (χ4n) is 4.07. The number of nitrogens with zero attached hydrogens (tertiary/aromatic N) is 2. The zero-order valence-electron chi connectivity index (χ0n) is 23.4. The zero-order chi connectivity index (χ0) is 29.1. The largest absolute Gasteiger partial charge is 0.497 e. The number of carbonyl (C=O) groups excluding carboxylic acids is 2. The van der Waals surface area contributed by atoms with Gasteiger partial charge >= 0.3 is 0 Å². The second-order valence-corrected chi connectivity index (χ2v) is 11.0. The molecule has 0 aliphatic heterocycles. The third kappa shape index (κ3) is 7.75. The first-order chi connectivity index (χ1) is 19.2. The van der Waals surface area contributed by atoms with Crippen LogP contribution in [0.15, 0.2) is 83.8 Å². The van der Waals surface area contributed by atoms with Crippen LogP contribution in [0.25, 0.3) is 0 Å². The van der Waals surface area contributed by atoms with Gasteiger partial charge in [0.2, 0.25) is 11.8 Å². The number of sulfonamides is 1. The lowest BCUT2D eigenvalue weighted by Gasteiger charge is -2.32. The Labute approximate surface area is 236 Å². The molecule has 214 valence electrons. The highest BCUT2D eigenvalue weighted by atomic mass is 32.2. The van der Waals surface area contributed by atoms with Crippen molar-refractivity contribution in [3.05, 3.63) is 84.4 Å². The number of hydrogen-bond donors (Lipinski definition) is 1. The minimum absolute atomic E-state index is 0.0461. The summed E-state index contributed by atoms with van der Waals surface area (Å²) in [6.45, 7) is 5.92. The number of hydrogen-bond acceptors (Lipinski definition) is 6. The molecule has 10 heteroatoms. The first-order valence-electron chi connectivity index (χ1n) is 13.2. The SMILES string of the molecule is CCCNC(=O)C(C)N(Cc1cccc(OC)c1)C(=O)CN(c1ccc(OCC)cc1)S(=O)(=O)c1ccccc1. The van der Waals surface area contributed by atoms with Crippen LogP contribution in [-0.2, 0) is 26.2 Å². The average molecular weight is 568 g/mol. The van der Waals surface area contributed by atoms with E-state index in [2.05, 4.69) is 5.32 Å². The van der Waals surface area contributed by atoms with Crippen LogP contribution in [-0.4, -0.2) is 58.0 Å². The number of carbonyl (C=O) groups is 2. The lowest BCUT2D eigenvalue weighted by molar-refractivity contribution is -0.139. The number of methoxy groups -OCH3 is 1. The molecule has 0 saturated carbocycles. The molecule has 3 aromatic carbocycles. The predicted octanol–water partition coefficient (Wildman–Crippen LogP) is 4.23. The van der Waals surface area contributed by atoms with Crippen molar-refractivity contribution < 1.29 is 27.5 Å². The van der Waals surface area contributed by atoms with E-state index in [1.807, 2.05) is 19.9 Å². The number of ether oxygens (including phenoxy) is 2. The number of benzene rings is 3. The van der Waals surface area contributed by atoms with E-state index in [1.54, 1.807) is 74.7 Å². The normalized spacial score (nSPS) is 11.8. The molecule has 2 amide bonds. The van der Waals surface area contributed by atoms with Crippen LogP contribution in [0, 0.1) is 0 Å². The molecular weight excluding hydrogens is 530 g/mol. The molecule has 0 bridgehead atoms. The highest BCUT2D eigenvalue weighted by Crippen LogP contribution is 2.27. The molecule has 0 aromatic heterocycles. The summed E-state index contributed by atoms with van der Waals surface area (Å²) in [7, 11) is -2.58. The lowest BCUT2D eigenvalue weighted by Crippen LogP contribution is -2.51. The van der Waals surface area contributed by atoms with Crippen LogP contribution in [0.1, 0.15) is 32.8 Å². The molecule has 0 aliphatic rings. The Hall–Kier alpha value is -4.05. The van der Waals surface area contributed by atoms with Crippen LogP contribution >= 0.6 is 0 Å². The summed E-state index contributed by atoms with van der Waals surface area (Å²) < 4.78 is 39.5. The summed E-state index contributed by atoms with van der Waals surface area (Å²) in [6, 6.07) is 20.8. The van der Waals surface area contributed by atoms with E-state index in [0.29, 0.717) is 30.3 Å². The molecule has 0 spiro atoms. The molecule has 0 heterocycles. The summed E-state index contributed by atoms with van der Waals surface area (Å²) in [6.07, 6.45) is 0.739. The lowest BCUT2D eigenvalue weighted by atomic mass is 10.1. The maximum atomic E-state index is 13.9. The third-order valence-electron chi connectivity index (χ3n) is 6.25. The Balaban J connectivity index is 2.01. The number of nitrogens with one attached hydrogen (secondary N) is 1. The summed E-state index contributed by atoms with van der Waals surface area (Å²) in [4.78, 5) is 28.3. The number of anilines is 1. The van der Waals surface area contributed by atoms with E-state index in [9.17, 15) is 18.0 Å². The molecule has 9 nitrogen and oxygen atoms in total. The van der Waals surface area contributed by atoms with Crippen LogP contribution in [0.4, 0.5) is 5.69 Å². The van der Waals surface area contributed by atoms with E-state index < -0.39 is 28.5 Å². The van der Waals surface area contributed by atoms with E-state index in [0.717, 1.165) is 16.3 Å². The van der Waals surface area contributed by atoms with Gasteiger partial charge in [-0.2, -0.15) is 0 Å². The van der Waals surface area contributed by atoms with Crippen molar-refractivity contribution in [2.24, 2.45) is 0 Å². The van der Waals surface area contributed by atoms with Gasteiger partial charge in [0.1, 0.15) is 24.1 Å². The van der Waals surface area contributed by atoms with E-state index in [1.165, 1.54) is 17.0 Å².